The van der Waals surface area contributed by atoms with Crippen molar-refractivity contribution in [3.05, 3.63) is 58.7 Å². The highest BCUT2D eigenvalue weighted by Gasteiger charge is 2.18. The Morgan fingerprint density at radius 3 is 2.79 bits per heavy atom. The van der Waals surface area contributed by atoms with Crippen LogP contribution in [0.25, 0.3) is 20.9 Å². The second-order valence-corrected chi connectivity index (χ2v) is 8.58. The van der Waals surface area contributed by atoms with Crippen molar-refractivity contribution in [3.63, 3.8) is 0 Å². The molecule has 3 aromatic heterocycles. The van der Waals surface area contributed by atoms with E-state index in [2.05, 4.69) is 9.97 Å². The number of aromatic nitrogens is 3. The maximum absolute atomic E-state index is 14.3. The van der Waals surface area contributed by atoms with Crippen LogP contribution in [0.15, 0.2) is 42.7 Å². The molecule has 0 aliphatic carbocycles. The lowest BCUT2D eigenvalue weighted by molar-refractivity contribution is -0.385. The Hall–Kier alpha value is -4.06. The van der Waals surface area contributed by atoms with Crippen molar-refractivity contribution in [2.24, 2.45) is 7.05 Å². The summed E-state index contributed by atoms with van der Waals surface area (Å²) in [4.78, 5) is 32.6. The lowest BCUT2D eigenvalue weighted by atomic mass is 10.3. The number of imidazole rings is 1. The van der Waals surface area contributed by atoms with Crippen LogP contribution >= 0.6 is 11.3 Å². The number of rotatable bonds is 9. The van der Waals surface area contributed by atoms with Crippen LogP contribution in [-0.4, -0.2) is 44.1 Å². The Bertz CT molecular complexity index is 1390. The van der Waals surface area contributed by atoms with E-state index in [1.165, 1.54) is 29.7 Å². The van der Waals surface area contributed by atoms with Gasteiger partial charge in [0, 0.05) is 45.4 Å². The van der Waals surface area contributed by atoms with Gasteiger partial charge in [-0.05, 0) is 18.6 Å². The van der Waals surface area contributed by atoms with Gasteiger partial charge in [0.1, 0.15) is 11.6 Å². The number of carboxylic acids is 1. The van der Waals surface area contributed by atoms with Gasteiger partial charge in [-0.2, -0.15) is 0 Å². The van der Waals surface area contributed by atoms with Gasteiger partial charge in [0.05, 0.1) is 32.3 Å². The van der Waals surface area contributed by atoms with Crippen LogP contribution in [0, 0.1) is 15.9 Å². The molecule has 0 spiro atoms. The van der Waals surface area contributed by atoms with Crippen molar-refractivity contribution < 1.29 is 24.0 Å². The molecule has 0 aliphatic heterocycles. The molecule has 34 heavy (non-hydrogen) atoms. The second-order valence-electron chi connectivity index (χ2n) is 7.53. The smallest absolute Gasteiger partial charge is 0.303 e. The number of halogens is 1. The third-order valence-corrected chi connectivity index (χ3v) is 6.32. The summed E-state index contributed by atoms with van der Waals surface area (Å²) in [6.45, 7) is 0.567. The zero-order valence-corrected chi connectivity index (χ0v) is 19.1. The zero-order chi connectivity index (χ0) is 24.4. The molecule has 0 fully saturated rings. The van der Waals surface area contributed by atoms with Gasteiger partial charge in [-0.1, -0.05) is 0 Å². The first-order valence-corrected chi connectivity index (χ1v) is 11.0. The number of anilines is 1. The van der Waals surface area contributed by atoms with E-state index in [-0.39, 0.29) is 17.9 Å². The number of nitro groups is 1. The van der Waals surface area contributed by atoms with Gasteiger partial charge >= 0.3 is 5.97 Å². The highest BCUT2D eigenvalue weighted by atomic mass is 32.1. The van der Waals surface area contributed by atoms with Gasteiger partial charge in [0.2, 0.25) is 0 Å². The number of nitro benzene ring substituents is 1. The van der Waals surface area contributed by atoms with Crippen LogP contribution in [0.4, 0.5) is 15.9 Å². The quantitative estimate of drug-likeness (QED) is 0.264. The minimum absolute atomic E-state index is 0.0924. The number of hydrogen-bond acceptors (Lipinski definition) is 8. The van der Waals surface area contributed by atoms with Crippen molar-refractivity contribution in [2.75, 3.05) is 18.5 Å². The molecular formula is C22H20FN5O5S. The minimum Gasteiger partial charge on any atom is -0.481 e. The number of aliphatic carboxylic acids is 1. The first-order chi connectivity index (χ1) is 16.2. The summed E-state index contributed by atoms with van der Waals surface area (Å²) in [6, 6.07) is 6.67. The fourth-order valence-electron chi connectivity index (χ4n) is 3.48. The van der Waals surface area contributed by atoms with Crippen LogP contribution in [0.5, 0.6) is 11.5 Å². The number of hydrogen-bond donors (Lipinski definition) is 1. The van der Waals surface area contributed by atoms with Crippen LogP contribution in [0.3, 0.4) is 0 Å². The molecule has 12 heteroatoms. The van der Waals surface area contributed by atoms with Crippen molar-refractivity contribution >= 4 is 39.0 Å². The van der Waals surface area contributed by atoms with Gasteiger partial charge in [0.15, 0.2) is 17.4 Å². The molecule has 1 N–H and O–H groups in total. The van der Waals surface area contributed by atoms with Crippen LogP contribution in [0.2, 0.25) is 0 Å². The summed E-state index contributed by atoms with van der Waals surface area (Å²) in [5.41, 5.74) is 0.279. The number of pyridine rings is 1. The first-order valence-electron chi connectivity index (χ1n) is 10.2. The Labute approximate surface area is 197 Å². The van der Waals surface area contributed by atoms with Crippen LogP contribution < -0.4 is 9.64 Å². The SMILES string of the molecule is CN(CCCC(=O)O)c1cnc(-c2cc3nccc(Oc4ccc([N+](=O)[O-])cc4F)c3s2)n1C. The van der Waals surface area contributed by atoms with Crippen molar-refractivity contribution in [1.29, 1.82) is 0 Å². The standard InChI is InChI=1S/C22H20FN5O5S/c1-26(9-3-4-20(29)30)19-12-25-22(27(19)2)18-11-15-21(34-18)17(7-8-24-15)33-16-6-5-13(28(31)32)10-14(16)23/h5-8,10-12H,3-4,9H2,1-2H3,(H,29,30). The largest absolute Gasteiger partial charge is 0.481 e. The number of fused-ring (bicyclic) bond motifs is 1. The Kier molecular flexibility index (Phi) is 6.41. The highest BCUT2D eigenvalue weighted by Crippen LogP contribution is 2.40. The topological polar surface area (TPSA) is 124 Å². The maximum Gasteiger partial charge on any atom is 0.303 e. The van der Waals surface area contributed by atoms with E-state index in [1.54, 1.807) is 12.3 Å². The summed E-state index contributed by atoms with van der Waals surface area (Å²) in [7, 11) is 3.74. The summed E-state index contributed by atoms with van der Waals surface area (Å²) in [5.74, 6) is 0.0921. The lowest BCUT2D eigenvalue weighted by Gasteiger charge is -2.19. The third-order valence-electron chi connectivity index (χ3n) is 5.18. The van der Waals surface area contributed by atoms with E-state index >= 15 is 0 Å². The molecule has 0 saturated carbocycles. The predicted molar refractivity (Wildman–Crippen MR) is 125 cm³/mol. The predicted octanol–water partition coefficient (Wildman–Crippen LogP) is 4.84. The highest BCUT2D eigenvalue weighted by molar-refractivity contribution is 7.22. The fraction of sp³-hybridized carbons (Fsp3) is 0.227. The number of non-ortho nitro benzene ring substituents is 1. The van der Waals surface area contributed by atoms with Gasteiger partial charge in [-0.3, -0.25) is 19.9 Å². The van der Waals surface area contributed by atoms with Gasteiger partial charge in [0.25, 0.3) is 5.69 Å². The number of thiophene rings is 1. The van der Waals surface area contributed by atoms with Gasteiger partial charge < -0.3 is 19.3 Å². The van der Waals surface area contributed by atoms with Gasteiger partial charge in [-0.25, -0.2) is 9.37 Å². The molecule has 3 heterocycles. The molecule has 0 atom stereocenters. The molecule has 0 radical (unpaired) electrons. The summed E-state index contributed by atoms with van der Waals surface area (Å²) in [5, 5.41) is 19.7. The zero-order valence-electron chi connectivity index (χ0n) is 18.3. The van der Waals surface area contributed by atoms with Crippen LogP contribution in [0.1, 0.15) is 12.8 Å². The molecule has 1 aromatic carbocycles. The number of carbonyl (C=O) groups is 1. The van der Waals surface area contributed by atoms with E-state index < -0.39 is 16.7 Å². The van der Waals surface area contributed by atoms with E-state index in [4.69, 9.17) is 9.84 Å². The van der Waals surface area contributed by atoms with Crippen molar-refractivity contribution in [2.45, 2.75) is 12.8 Å². The second kappa shape index (κ2) is 9.43. The molecule has 10 nitrogen and oxygen atoms in total. The van der Waals surface area contributed by atoms with Gasteiger partial charge in [-0.15, -0.1) is 11.3 Å². The van der Waals surface area contributed by atoms with E-state index in [0.29, 0.717) is 34.8 Å². The van der Waals surface area contributed by atoms with E-state index in [9.17, 15) is 19.3 Å². The Morgan fingerprint density at radius 1 is 1.29 bits per heavy atom. The average molecular weight is 485 g/mol. The number of nitrogens with zero attached hydrogens (tertiary/aromatic N) is 5. The summed E-state index contributed by atoms with van der Waals surface area (Å²) in [6.07, 6.45) is 3.86. The third kappa shape index (κ3) is 4.66. The summed E-state index contributed by atoms with van der Waals surface area (Å²) < 4.78 is 22.7. The monoisotopic (exact) mass is 485 g/mol. The minimum atomic E-state index is -0.837. The number of ether oxygens (including phenoxy) is 1. The molecule has 0 aliphatic rings. The molecule has 176 valence electrons. The van der Waals surface area contributed by atoms with Crippen molar-refractivity contribution in [3.8, 4) is 22.2 Å². The maximum atomic E-state index is 14.3. The average Bonchev–Trinajstić information content (AvgIpc) is 3.38. The number of carboxylic acid groups (broad SMARTS) is 1. The fourth-order valence-corrected chi connectivity index (χ4v) is 4.57. The van der Waals surface area contributed by atoms with E-state index in [1.807, 2.05) is 29.6 Å². The molecule has 0 unspecified atom stereocenters. The molecular weight excluding hydrogens is 465 g/mol. The Balaban J connectivity index is 1.61. The molecule has 0 amide bonds. The Morgan fingerprint density at radius 2 is 2.09 bits per heavy atom. The summed E-state index contributed by atoms with van der Waals surface area (Å²) >= 11 is 1.37. The number of benzene rings is 1. The van der Waals surface area contributed by atoms with Crippen molar-refractivity contribution in [1.82, 2.24) is 14.5 Å². The molecule has 4 aromatic rings. The molecule has 4 rings (SSSR count). The lowest BCUT2D eigenvalue weighted by Crippen LogP contribution is -2.21. The van der Waals surface area contributed by atoms with E-state index in [0.717, 1.165) is 16.8 Å². The first kappa shape index (κ1) is 23.1. The van der Waals surface area contributed by atoms with Crippen LogP contribution in [-0.2, 0) is 11.8 Å². The normalized spacial score (nSPS) is 11.0. The molecule has 0 saturated heterocycles. The molecule has 0 bridgehead atoms.